The van der Waals surface area contributed by atoms with E-state index >= 15 is 0 Å². The Balaban J connectivity index is 2.07. The van der Waals surface area contributed by atoms with Gasteiger partial charge in [-0.2, -0.15) is 10.4 Å². The van der Waals surface area contributed by atoms with E-state index in [1.165, 1.54) is 6.08 Å². The highest BCUT2D eigenvalue weighted by Crippen LogP contribution is 2.16. The van der Waals surface area contributed by atoms with Crippen molar-refractivity contribution in [2.24, 2.45) is 0 Å². The van der Waals surface area contributed by atoms with E-state index in [0.29, 0.717) is 30.3 Å². The summed E-state index contributed by atoms with van der Waals surface area (Å²) in [6, 6.07) is 9.41. The van der Waals surface area contributed by atoms with Gasteiger partial charge >= 0.3 is 0 Å². The molecule has 1 heterocycles. The van der Waals surface area contributed by atoms with E-state index in [1.54, 1.807) is 24.2 Å². The Labute approximate surface area is 145 Å². The minimum atomic E-state index is -0.437. The van der Waals surface area contributed by atoms with Crippen molar-refractivity contribution in [2.75, 3.05) is 20.3 Å². The average molecular weight is 345 g/mol. The van der Waals surface area contributed by atoms with Crippen molar-refractivity contribution in [1.29, 1.82) is 5.26 Å². The van der Waals surface area contributed by atoms with Crippen molar-refractivity contribution in [2.45, 2.75) is 6.54 Å². The van der Waals surface area contributed by atoms with Gasteiger partial charge in [0.05, 0.1) is 19.3 Å². The van der Waals surface area contributed by atoms with E-state index in [0.717, 1.165) is 5.56 Å². The highest BCUT2D eigenvalue weighted by molar-refractivity contribution is 6.31. The minimum Gasteiger partial charge on any atom is -0.383 e. The maximum atomic E-state index is 11.9. The molecule has 7 heteroatoms. The summed E-state index contributed by atoms with van der Waals surface area (Å²) < 4.78 is 6.55. The van der Waals surface area contributed by atoms with E-state index < -0.39 is 5.91 Å². The molecule has 6 nitrogen and oxygen atoms in total. The first-order chi connectivity index (χ1) is 11.6. The number of benzene rings is 1. The number of nitrogens with one attached hydrogen (secondary N) is 1. The predicted molar refractivity (Wildman–Crippen MR) is 91.3 cm³/mol. The molecule has 0 saturated heterocycles. The zero-order chi connectivity index (χ0) is 17.4. The third kappa shape index (κ3) is 4.95. The van der Waals surface area contributed by atoms with Crippen molar-refractivity contribution >= 4 is 23.6 Å². The molecule has 0 aliphatic heterocycles. The topological polar surface area (TPSA) is 79.9 Å². The fraction of sp³-hybridized carbons (Fsp3) is 0.235. The Morgan fingerprint density at radius 3 is 3.00 bits per heavy atom. The summed E-state index contributed by atoms with van der Waals surface area (Å²) in [4.78, 5) is 11.9. The van der Waals surface area contributed by atoms with Crippen LogP contribution in [0.5, 0.6) is 0 Å². The fourth-order valence-corrected chi connectivity index (χ4v) is 2.21. The lowest BCUT2D eigenvalue weighted by Gasteiger charge is -2.03. The molecule has 2 rings (SSSR count). The van der Waals surface area contributed by atoms with E-state index in [2.05, 4.69) is 10.4 Å². The minimum absolute atomic E-state index is 0.0170. The molecule has 1 N–H and O–H groups in total. The van der Waals surface area contributed by atoms with Gasteiger partial charge in [0.25, 0.3) is 5.91 Å². The maximum Gasteiger partial charge on any atom is 0.262 e. The van der Waals surface area contributed by atoms with Crippen LogP contribution in [0.2, 0.25) is 5.02 Å². The zero-order valence-corrected chi connectivity index (χ0v) is 14.0. The number of methoxy groups -OCH3 is 1. The van der Waals surface area contributed by atoms with Crippen molar-refractivity contribution in [3.63, 3.8) is 0 Å². The van der Waals surface area contributed by atoms with Gasteiger partial charge in [0, 0.05) is 30.4 Å². The summed E-state index contributed by atoms with van der Waals surface area (Å²) in [6.07, 6.45) is 4.85. The maximum absolute atomic E-state index is 11.9. The van der Waals surface area contributed by atoms with Crippen LogP contribution < -0.4 is 5.32 Å². The molecular weight excluding hydrogens is 328 g/mol. The third-order valence-electron chi connectivity index (χ3n) is 3.21. The van der Waals surface area contributed by atoms with Crippen LogP contribution in [-0.2, 0) is 16.1 Å². The van der Waals surface area contributed by atoms with Crippen LogP contribution >= 0.6 is 11.6 Å². The highest BCUT2D eigenvalue weighted by atomic mass is 35.5. The Kier molecular flexibility index (Phi) is 6.55. The second-order valence-electron chi connectivity index (χ2n) is 4.98. The number of hydrogen-bond donors (Lipinski definition) is 1. The van der Waals surface area contributed by atoms with E-state index in [9.17, 15) is 4.79 Å². The molecular formula is C17H17ClN4O2. The molecule has 0 bridgehead atoms. The molecule has 124 valence electrons. The van der Waals surface area contributed by atoms with E-state index in [1.807, 2.05) is 30.3 Å². The summed E-state index contributed by atoms with van der Waals surface area (Å²) in [5.74, 6) is -0.437. The smallest absolute Gasteiger partial charge is 0.262 e. The Bertz CT molecular complexity index is 777. The number of ether oxygens (including phenoxy) is 1. The molecule has 1 aromatic heterocycles. The van der Waals surface area contributed by atoms with Gasteiger partial charge in [-0.25, -0.2) is 0 Å². The third-order valence-corrected chi connectivity index (χ3v) is 3.58. The van der Waals surface area contributed by atoms with Crippen LogP contribution in [0.4, 0.5) is 0 Å². The summed E-state index contributed by atoms with van der Waals surface area (Å²) >= 11 is 6.13. The molecule has 0 radical (unpaired) electrons. The average Bonchev–Trinajstić information content (AvgIpc) is 3.02. The van der Waals surface area contributed by atoms with Crippen LogP contribution in [0.15, 0.2) is 42.2 Å². The number of aromatic nitrogens is 2. The molecule has 0 fully saturated rings. The Hall–Kier alpha value is -2.62. The van der Waals surface area contributed by atoms with Crippen molar-refractivity contribution in [1.82, 2.24) is 15.1 Å². The number of nitrogens with zero attached hydrogens (tertiary/aromatic N) is 3. The quantitative estimate of drug-likeness (QED) is 0.474. The monoisotopic (exact) mass is 344 g/mol. The first kappa shape index (κ1) is 17.7. The van der Waals surface area contributed by atoms with Crippen LogP contribution in [0.1, 0.15) is 11.1 Å². The summed E-state index contributed by atoms with van der Waals surface area (Å²) in [7, 11) is 1.54. The summed E-state index contributed by atoms with van der Waals surface area (Å²) in [5.41, 5.74) is 1.62. The van der Waals surface area contributed by atoms with E-state index in [4.69, 9.17) is 21.6 Å². The zero-order valence-electron chi connectivity index (χ0n) is 13.2. The van der Waals surface area contributed by atoms with Crippen LogP contribution in [0, 0.1) is 11.3 Å². The first-order valence-electron chi connectivity index (χ1n) is 7.29. The summed E-state index contributed by atoms with van der Waals surface area (Å²) in [5, 5.41) is 16.6. The number of nitriles is 1. The number of carbonyl (C=O) groups is 1. The number of amides is 1. The van der Waals surface area contributed by atoms with Crippen molar-refractivity contribution in [3.05, 3.63) is 58.4 Å². The first-order valence-corrected chi connectivity index (χ1v) is 7.66. The van der Waals surface area contributed by atoms with Gasteiger partial charge in [0.15, 0.2) is 0 Å². The largest absolute Gasteiger partial charge is 0.383 e. The van der Waals surface area contributed by atoms with Crippen molar-refractivity contribution in [3.8, 4) is 6.07 Å². The molecule has 0 aliphatic carbocycles. The van der Waals surface area contributed by atoms with E-state index in [-0.39, 0.29) is 5.57 Å². The van der Waals surface area contributed by atoms with Crippen LogP contribution in [0.25, 0.3) is 6.08 Å². The molecule has 0 atom stereocenters. The van der Waals surface area contributed by atoms with Gasteiger partial charge in [-0.15, -0.1) is 0 Å². The Morgan fingerprint density at radius 1 is 1.50 bits per heavy atom. The lowest BCUT2D eigenvalue weighted by Crippen LogP contribution is -2.27. The molecule has 24 heavy (non-hydrogen) atoms. The summed E-state index contributed by atoms with van der Waals surface area (Å²) in [6.45, 7) is 1.25. The lowest BCUT2D eigenvalue weighted by atomic mass is 10.2. The van der Waals surface area contributed by atoms with Gasteiger partial charge in [-0.3, -0.25) is 9.48 Å². The molecule has 0 aliphatic rings. The van der Waals surface area contributed by atoms with Gasteiger partial charge < -0.3 is 10.1 Å². The standard InChI is InChI=1S/C17H17ClN4O2/c1-24-7-6-20-17(23)15(9-19)8-13-10-21-22(11-13)12-14-4-2-3-5-16(14)18/h2-5,8,10-11H,6-7,12H2,1H3,(H,20,23). The number of rotatable bonds is 7. The van der Waals surface area contributed by atoms with Gasteiger partial charge in [-0.05, 0) is 17.7 Å². The molecule has 0 unspecified atom stereocenters. The molecule has 2 aromatic rings. The predicted octanol–water partition coefficient (Wildman–Crippen LogP) is 2.25. The SMILES string of the molecule is COCCNC(=O)C(C#N)=Cc1cnn(Cc2ccccc2Cl)c1. The number of halogens is 1. The second kappa shape index (κ2) is 8.87. The second-order valence-corrected chi connectivity index (χ2v) is 5.39. The normalized spacial score (nSPS) is 11.1. The van der Waals surface area contributed by atoms with Gasteiger partial charge in [-0.1, -0.05) is 29.8 Å². The molecule has 1 amide bonds. The highest BCUT2D eigenvalue weighted by Gasteiger charge is 2.09. The molecule has 0 spiro atoms. The molecule has 1 aromatic carbocycles. The lowest BCUT2D eigenvalue weighted by molar-refractivity contribution is -0.117. The number of carbonyl (C=O) groups excluding carboxylic acids is 1. The Morgan fingerprint density at radius 2 is 2.29 bits per heavy atom. The number of hydrogen-bond acceptors (Lipinski definition) is 4. The fourth-order valence-electron chi connectivity index (χ4n) is 2.02. The van der Waals surface area contributed by atoms with Crippen LogP contribution in [0.3, 0.4) is 0 Å². The van der Waals surface area contributed by atoms with Crippen LogP contribution in [-0.4, -0.2) is 35.9 Å². The van der Waals surface area contributed by atoms with Gasteiger partial charge in [0.1, 0.15) is 11.6 Å². The molecule has 0 saturated carbocycles. The van der Waals surface area contributed by atoms with Crippen molar-refractivity contribution < 1.29 is 9.53 Å². The van der Waals surface area contributed by atoms with Gasteiger partial charge in [0.2, 0.25) is 0 Å².